The Morgan fingerprint density at radius 3 is 2.80 bits per heavy atom. The predicted molar refractivity (Wildman–Crippen MR) is 76.6 cm³/mol. The Morgan fingerprint density at radius 1 is 1.45 bits per heavy atom. The minimum absolute atomic E-state index is 0.204. The molecule has 5 nitrogen and oxygen atoms in total. The van der Waals surface area contributed by atoms with E-state index in [0.29, 0.717) is 13.0 Å². The number of benzene rings is 1. The first-order valence-corrected chi connectivity index (χ1v) is 8.01. The highest BCUT2D eigenvalue weighted by Crippen LogP contribution is 2.28. The van der Waals surface area contributed by atoms with Crippen molar-refractivity contribution in [2.45, 2.75) is 19.4 Å². The van der Waals surface area contributed by atoms with Crippen LogP contribution in [0.3, 0.4) is 0 Å². The van der Waals surface area contributed by atoms with Gasteiger partial charge in [-0.25, -0.2) is 13.2 Å². The number of carbonyl (C=O) groups is 1. The quantitative estimate of drug-likeness (QED) is 0.861. The lowest BCUT2D eigenvalue weighted by Crippen LogP contribution is -2.28. The SMILES string of the molecule is CC(c1cccc(C=CC(=O)O)c1)N1CCCS1(=O)=O. The second-order valence-electron chi connectivity index (χ2n) is 4.80. The first-order chi connectivity index (χ1) is 9.40. The average molecular weight is 295 g/mol. The van der Waals surface area contributed by atoms with Gasteiger partial charge in [0.1, 0.15) is 0 Å². The highest BCUT2D eigenvalue weighted by molar-refractivity contribution is 7.89. The first-order valence-electron chi connectivity index (χ1n) is 6.40. The zero-order valence-corrected chi connectivity index (χ0v) is 12.0. The number of nitrogens with zero attached hydrogens (tertiary/aromatic N) is 1. The number of hydrogen-bond donors (Lipinski definition) is 1. The normalized spacial score (nSPS) is 20.2. The molecule has 0 saturated carbocycles. The van der Waals surface area contributed by atoms with Gasteiger partial charge in [-0.2, -0.15) is 4.31 Å². The van der Waals surface area contributed by atoms with E-state index in [1.165, 1.54) is 10.4 Å². The zero-order chi connectivity index (χ0) is 14.8. The maximum atomic E-state index is 11.9. The van der Waals surface area contributed by atoms with E-state index < -0.39 is 16.0 Å². The van der Waals surface area contributed by atoms with Crippen molar-refractivity contribution in [1.29, 1.82) is 0 Å². The molecule has 108 valence electrons. The summed E-state index contributed by atoms with van der Waals surface area (Å²) in [6, 6.07) is 7.03. The van der Waals surface area contributed by atoms with Gasteiger partial charge in [-0.3, -0.25) is 0 Å². The monoisotopic (exact) mass is 295 g/mol. The third-order valence-electron chi connectivity index (χ3n) is 3.38. The summed E-state index contributed by atoms with van der Waals surface area (Å²) in [6.07, 6.45) is 3.22. The van der Waals surface area contributed by atoms with Gasteiger partial charge < -0.3 is 5.11 Å². The number of sulfonamides is 1. The fourth-order valence-corrected chi connectivity index (χ4v) is 4.09. The summed E-state index contributed by atoms with van der Waals surface area (Å²) in [5, 5.41) is 8.62. The van der Waals surface area contributed by atoms with Crippen molar-refractivity contribution >= 4 is 22.1 Å². The van der Waals surface area contributed by atoms with Crippen LogP contribution in [0.4, 0.5) is 0 Å². The molecule has 1 saturated heterocycles. The van der Waals surface area contributed by atoms with Crippen LogP contribution in [0.5, 0.6) is 0 Å². The van der Waals surface area contributed by atoms with Crippen molar-refractivity contribution in [3.8, 4) is 0 Å². The van der Waals surface area contributed by atoms with E-state index >= 15 is 0 Å². The smallest absolute Gasteiger partial charge is 0.328 e. The topological polar surface area (TPSA) is 74.7 Å². The summed E-state index contributed by atoms with van der Waals surface area (Å²) in [4.78, 5) is 10.5. The van der Waals surface area contributed by atoms with Crippen LogP contribution in [-0.2, 0) is 14.8 Å². The van der Waals surface area contributed by atoms with E-state index in [0.717, 1.165) is 17.2 Å². The average Bonchev–Trinajstić information content (AvgIpc) is 2.75. The summed E-state index contributed by atoms with van der Waals surface area (Å²) in [7, 11) is -3.15. The Hall–Kier alpha value is -1.66. The lowest BCUT2D eigenvalue weighted by Gasteiger charge is -2.23. The maximum absolute atomic E-state index is 11.9. The molecular formula is C14H17NO4S. The van der Waals surface area contributed by atoms with E-state index in [2.05, 4.69) is 0 Å². The molecule has 1 aliphatic heterocycles. The van der Waals surface area contributed by atoms with Gasteiger partial charge in [-0.15, -0.1) is 0 Å². The van der Waals surface area contributed by atoms with Crippen LogP contribution in [0.2, 0.25) is 0 Å². The van der Waals surface area contributed by atoms with Crippen LogP contribution >= 0.6 is 0 Å². The molecule has 1 heterocycles. The van der Waals surface area contributed by atoms with Crippen LogP contribution in [0, 0.1) is 0 Å². The Labute approximate surface area is 118 Å². The van der Waals surface area contributed by atoms with E-state index in [9.17, 15) is 13.2 Å². The van der Waals surface area contributed by atoms with Crippen LogP contribution < -0.4 is 0 Å². The summed E-state index contributed by atoms with van der Waals surface area (Å²) in [5.41, 5.74) is 1.61. The summed E-state index contributed by atoms with van der Waals surface area (Å²) in [5.74, 6) is -0.804. The molecule has 1 fully saturated rings. The predicted octanol–water partition coefficient (Wildman–Crippen LogP) is 1.88. The molecule has 1 aliphatic rings. The lowest BCUT2D eigenvalue weighted by molar-refractivity contribution is -0.131. The standard InChI is InChI=1S/C14H17NO4S/c1-11(15-8-3-9-20(15,18)19)13-5-2-4-12(10-13)6-7-14(16)17/h2,4-7,10-11H,3,8-9H2,1H3,(H,16,17). The Kier molecular flexibility index (Phi) is 4.25. The second kappa shape index (κ2) is 5.76. The molecule has 6 heteroatoms. The molecule has 1 aromatic carbocycles. The molecule has 0 bridgehead atoms. The fraction of sp³-hybridized carbons (Fsp3) is 0.357. The molecule has 0 aromatic heterocycles. The minimum Gasteiger partial charge on any atom is -0.478 e. The van der Waals surface area contributed by atoms with Gasteiger partial charge in [-0.05, 0) is 30.5 Å². The third-order valence-corrected chi connectivity index (χ3v) is 5.40. The number of carboxylic acids is 1. The van der Waals surface area contributed by atoms with Gasteiger partial charge >= 0.3 is 5.97 Å². The first kappa shape index (κ1) is 14.7. The molecule has 2 rings (SSSR count). The van der Waals surface area contributed by atoms with Gasteiger partial charge in [0.25, 0.3) is 0 Å². The van der Waals surface area contributed by atoms with Crippen LogP contribution in [-0.4, -0.2) is 36.1 Å². The third kappa shape index (κ3) is 3.26. The van der Waals surface area contributed by atoms with Crippen LogP contribution in [0.25, 0.3) is 6.08 Å². The number of aliphatic carboxylic acids is 1. The summed E-state index contributed by atoms with van der Waals surface area (Å²) < 4.78 is 25.3. The molecule has 1 aromatic rings. The largest absolute Gasteiger partial charge is 0.478 e. The molecule has 1 atom stereocenters. The van der Waals surface area contributed by atoms with Gasteiger partial charge in [0.15, 0.2) is 0 Å². The van der Waals surface area contributed by atoms with E-state index in [-0.39, 0.29) is 11.8 Å². The van der Waals surface area contributed by atoms with Crippen molar-refractivity contribution in [3.05, 3.63) is 41.5 Å². The molecule has 0 aliphatic carbocycles. The van der Waals surface area contributed by atoms with Gasteiger partial charge in [0.05, 0.1) is 5.75 Å². The van der Waals surface area contributed by atoms with Crippen molar-refractivity contribution in [1.82, 2.24) is 4.31 Å². The number of carboxylic acid groups (broad SMARTS) is 1. The Balaban J connectivity index is 2.25. The van der Waals surface area contributed by atoms with Crippen molar-refractivity contribution in [2.24, 2.45) is 0 Å². The minimum atomic E-state index is -3.15. The number of rotatable bonds is 4. The fourth-order valence-electron chi connectivity index (χ4n) is 2.35. The highest BCUT2D eigenvalue weighted by Gasteiger charge is 2.32. The lowest BCUT2D eigenvalue weighted by atomic mass is 10.0. The van der Waals surface area contributed by atoms with E-state index in [1.807, 2.05) is 19.1 Å². The van der Waals surface area contributed by atoms with Crippen molar-refractivity contribution in [3.63, 3.8) is 0 Å². The van der Waals surface area contributed by atoms with Gasteiger partial charge in [0, 0.05) is 18.7 Å². The van der Waals surface area contributed by atoms with Crippen LogP contribution in [0.1, 0.15) is 30.5 Å². The summed E-state index contributed by atoms with van der Waals surface area (Å²) in [6.45, 7) is 2.39. The van der Waals surface area contributed by atoms with Gasteiger partial charge in [-0.1, -0.05) is 24.3 Å². The van der Waals surface area contributed by atoms with E-state index in [1.54, 1.807) is 12.1 Å². The van der Waals surface area contributed by atoms with Crippen molar-refractivity contribution in [2.75, 3.05) is 12.3 Å². The zero-order valence-electron chi connectivity index (χ0n) is 11.2. The van der Waals surface area contributed by atoms with Crippen molar-refractivity contribution < 1.29 is 18.3 Å². The highest BCUT2D eigenvalue weighted by atomic mass is 32.2. The molecule has 1 N–H and O–H groups in total. The van der Waals surface area contributed by atoms with Crippen LogP contribution in [0.15, 0.2) is 30.3 Å². The van der Waals surface area contributed by atoms with Gasteiger partial charge in [0.2, 0.25) is 10.0 Å². The molecule has 0 amide bonds. The molecule has 1 unspecified atom stereocenters. The number of hydrogen-bond acceptors (Lipinski definition) is 3. The molecule has 0 radical (unpaired) electrons. The molecule has 0 spiro atoms. The molecule has 20 heavy (non-hydrogen) atoms. The second-order valence-corrected chi connectivity index (χ2v) is 6.84. The summed E-state index contributed by atoms with van der Waals surface area (Å²) >= 11 is 0. The maximum Gasteiger partial charge on any atom is 0.328 e. The Morgan fingerprint density at radius 2 is 2.20 bits per heavy atom. The Bertz CT molecular complexity index is 636. The molecular weight excluding hydrogens is 278 g/mol. The van der Waals surface area contributed by atoms with E-state index in [4.69, 9.17) is 5.11 Å².